The summed E-state index contributed by atoms with van der Waals surface area (Å²) in [5.74, 6) is 0.740. The Bertz CT molecular complexity index is 1410. The monoisotopic (exact) mass is 553 g/mol. The normalized spacial score (nSPS) is 10.5. The Balaban J connectivity index is 1.21. The first-order valence-corrected chi connectivity index (χ1v) is 13.9. The van der Waals surface area contributed by atoms with Crippen LogP contribution in [0.15, 0.2) is 103 Å². The number of benzene rings is 3. The van der Waals surface area contributed by atoms with Gasteiger partial charge in [0.25, 0.3) is 6.73 Å². The zero-order chi connectivity index (χ0) is 28.9. The molecule has 8 nitrogen and oxygen atoms in total. The van der Waals surface area contributed by atoms with Gasteiger partial charge in [-0.15, -0.1) is 0 Å². The van der Waals surface area contributed by atoms with Crippen molar-refractivity contribution in [1.29, 1.82) is 0 Å². The number of carbonyl (C=O) groups is 2. The minimum atomic E-state index is -0.352. The number of ether oxygens (including phenoxy) is 2. The first-order chi connectivity index (χ1) is 20.1. The highest BCUT2D eigenvalue weighted by molar-refractivity contribution is 5.89. The number of nitrogens with zero attached hydrogens (tertiary/aromatic N) is 2. The number of pyridine rings is 1. The molecule has 0 spiro atoms. The van der Waals surface area contributed by atoms with Crippen LogP contribution in [0.25, 0.3) is 11.1 Å². The number of hydrogen-bond acceptors (Lipinski definition) is 4. The lowest BCUT2D eigenvalue weighted by Gasteiger charge is -2.16. The van der Waals surface area contributed by atoms with Crippen LogP contribution in [0.5, 0.6) is 5.75 Å². The van der Waals surface area contributed by atoms with Crippen LogP contribution >= 0.6 is 0 Å². The second-order valence-electron chi connectivity index (χ2n) is 9.39. The van der Waals surface area contributed by atoms with Crippen molar-refractivity contribution in [3.05, 3.63) is 115 Å². The maximum absolute atomic E-state index is 12.5. The van der Waals surface area contributed by atoms with E-state index in [0.717, 1.165) is 17.7 Å². The third kappa shape index (κ3) is 8.83. The molecule has 0 radical (unpaired) electrons. The highest BCUT2D eigenvalue weighted by Gasteiger charge is 2.13. The predicted molar refractivity (Wildman–Crippen MR) is 159 cm³/mol. The van der Waals surface area contributed by atoms with Crippen LogP contribution in [0.3, 0.4) is 0 Å². The van der Waals surface area contributed by atoms with E-state index in [2.05, 4.69) is 41.0 Å². The van der Waals surface area contributed by atoms with Crippen molar-refractivity contribution < 1.29 is 23.6 Å². The maximum atomic E-state index is 12.5. The first kappa shape index (κ1) is 29.1. The summed E-state index contributed by atoms with van der Waals surface area (Å²) in [7, 11) is 0. The Morgan fingerprint density at radius 1 is 0.854 bits per heavy atom. The van der Waals surface area contributed by atoms with Crippen molar-refractivity contribution in [3.8, 4) is 16.9 Å². The van der Waals surface area contributed by atoms with Gasteiger partial charge < -0.3 is 25.0 Å². The first-order valence-electron chi connectivity index (χ1n) is 13.9. The standard InChI is InChI=1S/C33H36N4O4/c1-3-37(4-2)33(39)41-25-36-21-10-11-26(24-36)23-34-32(38)35-29-16-18-30(19-17-29)40-22-20-28-14-8-9-15-31(28)27-12-6-5-7-13-27/h5-19,21,24H,3-4,20,22-23,25H2,1-2H3,(H-,34,35,38)/p+1. The van der Waals surface area contributed by atoms with E-state index >= 15 is 0 Å². The number of nitrogens with one attached hydrogen (secondary N) is 2. The highest BCUT2D eigenvalue weighted by Crippen LogP contribution is 2.24. The topological polar surface area (TPSA) is 83.8 Å². The lowest BCUT2D eigenvalue weighted by atomic mass is 9.98. The molecule has 41 heavy (non-hydrogen) atoms. The van der Waals surface area contributed by atoms with Crippen LogP contribution in [0, 0.1) is 0 Å². The molecule has 4 aromatic rings. The van der Waals surface area contributed by atoms with Gasteiger partial charge in [-0.05, 0) is 60.9 Å². The Morgan fingerprint density at radius 2 is 1.59 bits per heavy atom. The molecule has 0 aliphatic heterocycles. The molecule has 1 heterocycles. The third-order valence-corrected chi connectivity index (χ3v) is 6.59. The molecule has 0 fully saturated rings. The molecule has 0 aliphatic rings. The van der Waals surface area contributed by atoms with Crippen molar-refractivity contribution in [1.82, 2.24) is 10.2 Å². The van der Waals surface area contributed by atoms with Crippen LogP contribution in [0.1, 0.15) is 25.0 Å². The third-order valence-electron chi connectivity index (χ3n) is 6.59. The molecular weight excluding hydrogens is 516 g/mol. The van der Waals surface area contributed by atoms with Gasteiger partial charge >= 0.3 is 12.1 Å². The Morgan fingerprint density at radius 3 is 2.34 bits per heavy atom. The van der Waals surface area contributed by atoms with Gasteiger partial charge in [-0.25, -0.2) is 9.59 Å². The summed E-state index contributed by atoms with van der Waals surface area (Å²) in [6.45, 7) is 5.98. The number of amides is 3. The van der Waals surface area contributed by atoms with Crippen LogP contribution < -0.4 is 19.9 Å². The lowest BCUT2D eigenvalue weighted by Crippen LogP contribution is -2.40. The van der Waals surface area contributed by atoms with Crippen LogP contribution in [0.2, 0.25) is 0 Å². The van der Waals surface area contributed by atoms with E-state index in [1.807, 2.05) is 86.9 Å². The number of urea groups is 1. The highest BCUT2D eigenvalue weighted by atomic mass is 16.6. The predicted octanol–water partition coefficient (Wildman–Crippen LogP) is 6.02. The number of anilines is 1. The summed E-state index contributed by atoms with van der Waals surface area (Å²) >= 11 is 0. The van der Waals surface area contributed by atoms with E-state index < -0.39 is 0 Å². The van der Waals surface area contributed by atoms with Crippen LogP contribution in [0.4, 0.5) is 15.3 Å². The zero-order valence-electron chi connectivity index (χ0n) is 23.6. The molecule has 0 bridgehead atoms. The Kier molecular flexibility index (Phi) is 10.7. The van der Waals surface area contributed by atoms with E-state index in [1.165, 1.54) is 16.7 Å². The summed E-state index contributed by atoms with van der Waals surface area (Å²) in [4.78, 5) is 26.1. The van der Waals surface area contributed by atoms with Gasteiger partial charge in [-0.3, -0.25) is 0 Å². The molecule has 3 amide bonds. The summed E-state index contributed by atoms with van der Waals surface area (Å²) in [6, 6.07) is 29.5. The average molecular weight is 554 g/mol. The summed E-state index contributed by atoms with van der Waals surface area (Å²) < 4.78 is 13.1. The average Bonchev–Trinajstić information content (AvgIpc) is 3.01. The van der Waals surface area contributed by atoms with E-state index in [1.54, 1.807) is 9.47 Å². The number of hydrogen-bond donors (Lipinski definition) is 2. The second-order valence-corrected chi connectivity index (χ2v) is 9.39. The molecule has 1 aromatic heterocycles. The Hall–Kier alpha value is -4.85. The molecule has 212 valence electrons. The largest absolute Gasteiger partial charge is 0.493 e. The minimum absolute atomic E-state index is 0.101. The van der Waals surface area contributed by atoms with Gasteiger partial charge in [0.15, 0.2) is 12.4 Å². The van der Waals surface area contributed by atoms with Gasteiger partial charge in [0.2, 0.25) is 0 Å². The fourth-order valence-electron chi connectivity index (χ4n) is 4.37. The molecule has 2 N–H and O–H groups in total. The SMILES string of the molecule is CCN(CC)C(=O)OC[n+]1cccc(CNC(=O)Nc2ccc(OCCc3ccccc3-c3ccccc3)cc2)c1. The molecule has 8 heteroatoms. The van der Waals surface area contributed by atoms with Crippen molar-refractivity contribution in [2.45, 2.75) is 33.5 Å². The molecule has 0 atom stereocenters. The lowest BCUT2D eigenvalue weighted by molar-refractivity contribution is -0.727. The fraction of sp³-hybridized carbons (Fsp3) is 0.242. The smallest absolute Gasteiger partial charge is 0.414 e. The fourth-order valence-corrected chi connectivity index (χ4v) is 4.37. The van der Waals surface area contributed by atoms with Crippen LogP contribution in [-0.4, -0.2) is 36.7 Å². The molecule has 0 saturated carbocycles. The molecule has 4 rings (SSSR count). The van der Waals surface area contributed by atoms with Gasteiger partial charge in [-0.2, -0.15) is 4.57 Å². The molecule has 3 aromatic carbocycles. The number of carbonyl (C=O) groups excluding carboxylic acids is 2. The molecular formula is C33H37N4O4+. The van der Waals surface area contributed by atoms with E-state index in [4.69, 9.17) is 9.47 Å². The van der Waals surface area contributed by atoms with Gasteiger partial charge in [0.05, 0.1) is 13.2 Å². The minimum Gasteiger partial charge on any atom is -0.493 e. The van der Waals surface area contributed by atoms with Gasteiger partial charge in [0.1, 0.15) is 5.75 Å². The molecule has 0 unspecified atom stereocenters. The number of aromatic nitrogens is 1. The van der Waals surface area contributed by atoms with Gasteiger partial charge in [0, 0.05) is 36.8 Å². The van der Waals surface area contributed by atoms with E-state index in [-0.39, 0.29) is 18.9 Å². The summed E-state index contributed by atoms with van der Waals surface area (Å²) in [5, 5.41) is 5.69. The quantitative estimate of drug-likeness (QED) is 0.210. The molecule has 0 aliphatic carbocycles. The van der Waals surface area contributed by atoms with Crippen LogP contribution in [-0.2, 0) is 24.4 Å². The van der Waals surface area contributed by atoms with Crippen molar-refractivity contribution >= 4 is 17.8 Å². The maximum Gasteiger partial charge on any atom is 0.414 e. The van der Waals surface area contributed by atoms with Crippen molar-refractivity contribution in [2.24, 2.45) is 0 Å². The Labute approximate surface area is 241 Å². The second kappa shape index (κ2) is 15.1. The van der Waals surface area contributed by atoms with E-state index in [0.29, 0.717) is 31.9 Å². The number of rotatable bonds is 12. The van der Waals surface area contributed by atoms with Crippen molar-refractivity contribution in [3.63, 3.8) is 0 Å². The van der Waals surface area contributed by atoms with Gasteiger partial charge in [-0.1, -0.05) is 54.6 Å². The summed E-state index contributed by atoms with van der Waals surface area (Å²) in [5.41, 5.74) is 5.18. The zero-order valence-corrected chi connectivity index (χ0v) is 23.6. The summed E-state index contributed by atoms with van der Waals surface area (Å²) in [6.07, 6.45) is 4.08. The van der Waals surface area contributed by atoms with Crippen molar-refractivity contribution in [2.75, 3.05) is 25.0 Å². The van der Waals surface area contributed by atoms with E-state index in [9.17, 15) is 9.59 Å². The molecule has 0 saturated heterocycles.